The lowest BCUT2D eigenvalue weighted by Gasteiger charge is -2.16. The summed E-state index contributed by atoms with van der Waals surface area (Å²) in [6.45, 7) is 3.11. The zero-order valence-corrected chi connectivity index (χ0v) is 12.2. The molecule has 2 N–H and O–H groups in total. The molecule has 1 aliphatic rings. The fraction of sp³-hybridized carbons (Fsp3) is 0.412. The second-order valence-electron chi connectivity index (χ2n) is 6.03. The molecule has 2 unspecified atom stereocenters. The van der Waals surface area contributed by atoms with Gasteiger partial charge in [0.15, 0.2) is 0 Å². The van der Waals surface area contributed by atoms with Gasteiger partial charge in [-0.1, -0.05) is 31.5 Å². The molecule has 2 aromatic rings. The second kappa shape index (κ2) is 5.72. The highest BCUT2D eigenvalue weighted by molar-refractivity contribution is 6.04. The van der Waals surface area contributed by atoms with E-state index in [1.54, 1.807) is 0 Å². The fourth-order valence-electron chi connectivity index (χ4n) is 3.25. The van der Waals surface area contributed by atoms with Crippen molar-refractivity contribution in [2.24, 2.45) is 11.8 Å². The summed E-state index contributed by atoms with van der Waals surface area (Å²) < 4.78 is 0. The van der Waals surface area contributed by atoms with Crippen LogP contribution in [0.4, 0.5) is 5.69 Å². The molecule has 1 saturated carbocycles. The van der Waals surface area contributed by atoms with Crippen LogP contribution in [0.2, 0.25) is 0 Å². The van der Waals surface area contributed by atoms with E-state index >= 15 is 0 Å². The van der Waals surface area contributed by atoms with Crippen molar-refractivity contribution in [3.8, 4) is 0 Å². The van der Waals surface area contributed by atoms with E-state index in [0.717, 1.165) is 23.4 Å². The highest BCUT2D eigenvalue weighted by atomic mass is 16.4. The van der Waals surface area contributed by atoms with Gasteiger partial charge in [-0.3, -0.25) is 4.98 Å². The Labute approximate surface area is 124 Å². The van der Waals surface area contributed by atoms with Gasteiger partial charge >= 0.3 is 5.97 Å². The maximum atomic E-state index is 11.4. The zero-order valence-electron chi connectivity index (χ0n) is 12.2. The van der Waals surface area contributed by atoms with Gasteiger partial charge in [0.2, 0.25) is 0 Å². The van der Waals surface area contributed by atoms with E-state index in [4.69, 9.17) is 0 Å². The first-order valence-corrected chi connectivity index (χ1v) is 7.50. The summed E-state index contributed by atoms with van der Waals surface area (Å²) in [5.74, 6) is 0.481. The van der Waals surface area contributed by atoms with Gasteiger partial charge in [0.05, 0.1) is 11.2 Å². The largest absolute Gasteiger partial charge is 0.478 e. The first-order valence-electron chi connectivity index (χ1n) is 7.50. The highest BCUT2D eigenvalue weighted by Crippen LogP contribution is 2.32. The lowest BCUT2D eigenvalue weighted by molar-refractivity contribution is 0.0697. The van der Waals surface area contributed by atoms with E-state index in [-0.39, 0.29) is 5.56 Å². The highest BCUT2D eigenvalue weighted by Gasteiger charge is 2.22. The molecule has 1 aromatic carbocycles. The molecule has 2 atom stereocenters. The van der Waals surface area contributed by atoms with Crippen molar-refractivity contribution in [2.75, 3.05) is 11.9 Å². The van der Waals surface area contributed by atoms with Crippen molar-refractivity contribution in [1.82, 2.24) is 4.98 Å². The molecule has 1 fully saturated rings. The monoisotopic (exact) mass is 284 g/mol. The number of carboxylic acids is 1. The van der Waals surface area contributed by atoms with E-state index in [1.807, 2.05) is 24.3 Å². The van der Waals surface area contributed by atoms with E-state index in [1.165, 1.54) is 25.5 Å². The Kier molecular flexibility index (Phi) is 3.78. The molecule has 110 valence electrons. The number of aromatic carboxylic acids is 1. The van der Waals surface area contributed by atoms with Crippen LogP contribution in [0.5, 0.6) is 0 Å². The predicted octanol–water partition coefficient (Wildman–Crippen LogP) is 3.78. The average molecular weight is 284 g/mol. The minimum atomic E-state index is -0.935. The van der Waals surface area contributed by atoms with Gasteiger partial charge in [-0.05, 0) is 30.7 Å². The number of nitrogens with one attached hydrogen (secondary N) is 1. The van der Waals surface area contributed by atoms with Crippen LogP contribution in [0.1, 0.15) is 36.5 Å². The zero-order chi connectivity index (χ0) is 14.8. The van der Waals surface area contributed by atoms with Crippen LogP contribution in [0.15, 0.2) is 30.5 Å². The Morgan fingerprint density at radius 3 is 2.90 bits per heavy atom. The number of carboxylic acid groups (broad SMARTS) is 1. The lowest BCUT2D eigenvalue weighted by atomic mass is 10.0. The normalized spacial score (nSPS) is 21.6. The molecule has 1 aromatic heterocycles. The summed E-state index contributed by atoms with van der Waals surface area (Å²) in [5.41, 5.74) is 1.78. The molecular formula is C17H20N2O2. The number of nitrogens with zero attached hydrogens (tertiary/aromatic N) is 1. The molecule has 4 nitrogen and oxygen atoms in total. The molecule has 1 aliphatic carbocycles. The fourth-order valence-corrected chi connectivity index (χ4v) is 3.25. The van der Waals surface area contributed by atoms with Gasteiger partial charge in [-0.2, -0.15) is 0 Å². The molecule has 21 heavy (non-hydrogen) atoms. The van der Waals surface area contributed by atoms with E-state index in [9.17, 15) is 9.90 Å². The quantitative estimate of drug-likeness (QED) is 0.897. The number of rotatable bonds is 4. The van der Waals surface area contributed by atoms with Crippen LogP contribution >= 0.6 is 0 Å². The van der Waals surface area contributed by atoms with E-state index in [2.05, 4.69) is 17.2 Å². The standard InChI is InChI=1S/C17H20N2O2/c1-11-6-7-12(8-11)9-19-16-13-4-2-3-5-15(13)18-10-14(16)17(20)21/h2-5,10-12H,6-9H2,1H3,(H,18,19)(H,20,21). The summed E-state index contributed by atoms with van der Waals surface area (Å²) in [7, 11) is 0. The summed E-state index contributed by atoms with van der Waals surface area (Å²) >= 11 is 0. The average Bonchev–Trinajstić information content (AvgIpc) is 2.90. The maximum absolute atomic E-state index is 11.4. The number of fused-ring (bicyclic) bond motifs is 1. The molecule has 1 heterocycles. The van der Waals surface area contributed by atoms with Gasteiger partial charge in [0.1, 0.15) is 5.56 Å². The summed E-state index contributed by atoms with van der Waals surface area (Å²) in [6, 6.07) is 7.66. The van der Waals surface area contributed by atoms with Gasteiger partial charge in [0, 0.05) is 18.1 Å². The Morgan fingerprint density at radius 1 is 1.38 bits per heavy atom. The van der Waals surface area contributed by atoms with Gasteiger partial charge in [0.25, 0.3) is 0 Å². The molecule has 0 spiro atoms. The summed E-state index contributed by atoms with van der Waals surface area (Å²) in [5, 5.41) is 13.6. The van der Waals surface area contributed by atoms with Crippen molar-refractivity contribution in [3.63, 3.8) is 0 Å². The van der Waals surface area contributed by atoms with Crippen LogP contribution in [0.3, 0.4) is 0 Å². The van der Waals surface area contributed by atoms with E-state index in [0.29, 0.717) is 11.6 Å². The van der Waals surface area contributed by atoms with Gasteiger partial charge in [-0.25, -0.2) is 4.79 Å². The van der Waals surface area contributed by atoms with Crippen molar-refractivity contribution in [2.45, 2.75) is 26.2 Å². The Morgan fingerprint density at radius 2 is 2.19 bits per heavy atom. The SMILES string of the molecule is CC1CCC(CNc2c(C(=O)O)cnc3ccccc23)C1. The molecule has 4 heteroatoms. The molecule has 0 radical (unpaired) electrons. The Hall–Kier alpha value is -2.10. The van der Waals surface area contributed by atoms with Gasteiger partial charge < -0.3 is 10.4 Å². The summed E-state index contributed by atoms with van der Waals surface area (Å²) in [4.78, 5) is 15.7. The number of pyridine rings is 1. The smallest absolute Gasteiger partial charge is 0.339 e. The third-order valence-electron chi connectivity index (χ3n) is 4.38. The Bertz CT molecular complexity index is 669. The molecule has 0 amide bonds. The maximum Gasteiger partial charge on any atom is 0.339 e. The number of benzene rings is 1. The molecule has 0 saturated heterocycles. The number of anilines is 1. The molecule has 0 bridgehead atoms. The number of aromatic nitrogens is 1. The minimum Gasteiger partial charge on any atom is -0.478 e. The first-order chi connectivity index (χ1) is 10.1. The topological polar surface area (TPSA) is 62.2 Å². The number of hydrogen-bond acceptors (Lipinski definition) is 3. The molecule has 3 rings (SSSR count). The Balaban J connectivity index is 1.91. The van der Waals surface area contributed by atoms with E-state index < -0.39 is 5.97 Å². The minimum absolute atomic E-state index is 0.250. The summed E-state index contributed by atoms with van der Waals surface area (Å²) in [6.07, 6.45) is 5.16. The van der Waals surface area contributed by atoms with Crippen LogP contribution in [-0.2, 0) is 0 Å². The first kappa shape index (κ1) is 13.9. The van der Waals surface area contributed by atoms with Crippen molar-refractivity contribution >= 4 is 22.6 Å². The number of hydrogen-bond donors (Lipinski definition) is 2. The van der Waals surface area contributed by atoms with Crippen LogP contribution in [0.25, 0.3) is 10.9 Å². The third-order valence-corrected chi connectivity index (χ3v) is 4.38. The van der Waals surface area contributed by atoms with Crippen LogP contribution < -0.4 is 5.32 Å². The van der Waals surface area contributed by atoms with Crippen LogP contribution in [0, 0.1) is 11.8 Å². The van der Waals surface area contributed by atoms with Crippen molar-refractivity contribution < 1.29 is 9.90 Å². The molecular weight excluding hydrogens is 264 g/mol. The lowest BCUT2D eigenvalue weighted by Crippen LogP contribution is -2.14. The molecule has 0 aliphatic heterocycles. The van der Waals surface area contributed by atoms with Crippen LogP contribution in [-0.4, -0.2) is 22.6 Å². The van der Waals surface area contributed by atoms with Gasteiger partial charge in [-0.15, -0.1) is 0 Å². The third kappa shape index (κ3) is 2.84. The predicted molar refractivity (Wildman–Crippen MR) is 83.7 cm³/mol. The second-order valence-corrected chi connectivity index (χ2v) is 6.03. The van der Waals surface area contributed by atoms with Crippen molar-refractivity contribution in [1.29, 1.82) is 0 Å². The number of para-hydroxylation sites is 1. The number of carbonyl (C=O) groups is 1. The van der Waals surface area contributed by atoms with Crippen molar-refractivity contribution in [3.05, 3.63) is 36.0 Å².